The highest BCUT2D eigenvalue weighted by atomic mass is 16.5. The molecule has 3 atom stereocenters. The molecule has 336 valence electrons. The van der Waals surface area contributed by atoms with Crippen LogP contribution in [-0.2, 0) is 14.3 Å². The monoisotopic (exact) mass is 812 g/mol. The van der Waals surface area contributed by atoms with Gasteiger partial charge in [0.15, 0.2) is 0 Å². The highest BCUT2D eigenvalue weighted by Crippen LogP contribution is 2.17. The predicted octanol–water partition coefficient (Wildman–Crippen LogP) is 14.5. The fourth-order valence-corrected chi connectivity index (χ4v) is 7.14. The summed E-state index contributed by atoms with van der Waals surface area (Å²) >= 11 is 0. The van der Waals surface area contributed by atoms with E-state index in [-0.39, 0.29) is 24.9 Å². The van der Waals surface area contributed by atoms with Crippen molar-refractivity contribution in [3.05, 3.63) is 60.8 Å². The van der Waals surface area contributed by atoms with E-state index < -0.39 is 18.2 Å². The van der Waals surface area contributed by atoms with Crippen molar-refractivity contribution >= 4 is 11.9 Å². The molecular formula is C52H93NO5. The number of ether oxygens (including phenoxy) is 1. The molecule has 0 saturated heterocycles. The number of hydrogen-bond donors (Lipinski definition) is 3. The zero-order valence-electron chi connectivity index (χ0n) is 38.2. The Morgan fingerprint density at radius 1 is 0.500 bits per heavy atom. The summed E-state index contributed by atoms with van der Waals surface area (Å²) in [5.74, 6) is -0.533. The van der Waals surface area contributed by atoms with Gasteiger partial charge < -0.3 is 20.3 Å². The molecular weight excluding hydrogens is 719 g/mol. The molecule has 0 aromatic rings. The summed E-state index contributed by atoms with van der Waals surface area (Å²) in [6.45, 7) is 6.40. The SMILES string of the molecule is CCCCC/C=C/C=C/C=C/C=C/CCCCCC(CC(=O)NC(CO)C(O)CCCCCCCCCCC)OC(=O)CCCCC/C=C\CCCCCCCCC. The Bertz CT molecular complexity index is 1050. The first-order valence-electron chi connectivity index (χ1n) is 24.6. The number of unbranched alkanes of at least 4 members (excludes halogenated alkanes) is 24. The quantitative estimate of drug-likeness (QED) is 0.0247. The van der Waals surface area contributed by atoms with E-state index in [1.807, 2.05) is 6.08 Å². The highest BCUT2D eigenvalue weighted by Gasteiger charge is 2.24. The van der Waals surface area contributed by atoms with Crippen LogP contribution in [-0.4, -0.2) is 46.9 Å². The van der Waals surface area contributed by atoms with Crippen molar-refractivity contribution in [3.8, 4) is 0 Å². The third-order valence-electron chi connectivity index (χ3n) is 10.9. The van der Waals surface area contributed by atoms with Gasteiger partial charge in [0.25, 0.3) is 0 Å². The number of carbonyl (C=O) groups is 2. The van der Waals surface area contributed by atoms with Crippen LogP contribution in [0.4, 0.5) is 0 Å². The first-order chi connectivity index (χ1) is 28.5. The van der Waals surface area contributed by atoms with Crippen molar-refractivity contribution in [2.45, 2.75) is 251 Å². The molecule has 0 spiro atoms. The van der Waals surface area contributed by atoms with E-state index in [0.717, 1.165) is 83.5 Å². The Morgan fingerprint density at radius 3 is 1.43 bits per heavy atom. The molecule has 0 saturated carbocycles. The van der Waals surface area contributed by atoms with E-state index in [9.17, 15) is 19.8 Å². The Hall–Kier alpha value is -2.44. The highest BCUT2D eigenvalue weighted by molar-refractivity contribution is 5.77. The number of aliphatic hydroxyl groups is 2. The van der Waals surface area contributed by atoms with Gasteiger partial charge in [0, 0.05) is 6.42 Å². The van der Waals surface area contributed by atoms with Crippen molar-refractivity contribution in [2.24, 2.45) is 0 Å². The standard InChI is InChI=1S/C52H93NO5/c1-4-7-10-13-16-19-21-23-25-26-27-29-32-34-37-40-43-48(58-52(57)45-42-39-36-33-30-28-24-22-20-17-14-11-8-5-2)46-51(56)53-49(47-54)50(55)44-41-38-35-31-18-15-12-9-6-3/h16,19,21,23,25-30,48-50,54-55H,4-15,17-18,20,22,24,31-47H2,1-3H3,(H,53,56)/b19-16+,23-21+,26-25+,29-27+,30-28-. The second-order valence-corrected chi connectivity index (χ2v) is 16.6. The maximum absolute atomic E-state index is 13.1. The molecule has 3 unspecified atom stereocenters. The van der Waals surface area contributed by atoms with Gasteiger partial charge in [-0.3, -0.25) is 9.59 Å². The number of hydrogen-bond acceptors (Lipinski definition) is 5. The van der Waals surface area contributed by atoms with Crippen molar-refractivity contribution < 1.29 is 24.5 Å². The zero-order valence-corrected chi connectivity index (χ0v) is 38.2. The van der Waals surface area contributed by atoms with Crippen LogP contribution in [0.5, 0.6) is 0 Å². The number of amides is 1. The molecule has 0 aromatic carbocycles. The second kappa shape index (κ2) is 45.6. The van der Waals surface area contributed by atoms with Crippen molar-refractivity contribution in [1.82, 2.24) is 5.32 Å². The van der Waals surface area contributed by atoms with Gasteiger partial charge in [-0.1, -0.05) is 204 Å². The molecule has 0 aliphatic heterocycles. The lowest BCUT2D eigenvalue weighted by Gasteiger charge is -2.24. The maximum Gasteiger partial charge on any atom is 0.306 e. The predicted molar refractivity (Wildman–Crippen MR) is 250 cm³/mol. The van der Waals surface area contributed by atoms with Gasteiger partial charge in [-0.2, -0.15) is 0 Å². The van der Waals surface area contributed by atoms with Crippen LogP contribution in [0.25, 0.3) is 0 Å². The first kappa shape index (κ1) is 55.6. The molecule has 6 nitrogen and oxygen atoms in total. The van der Waals surface area contributed by atoms with Crippen LogP contribution < -0.4 is 5.32 Å². The second-order valence-electron chi connectivity index (χ2n) is 16.6. The molecule has 3 N–H and O–H groups in total. The van der Waals surface area contributed by atoms with E-state index >= 15 is 0 Å². The maximum atomic E-state index is 13.1. The molecule has 0 aromatic heterocycles. The van der Waals surface area contributed by atoms with E-state index in [0.29, 0.717) is 19.3 Å². The summed E-state index contributed by atoms with van der Waals surface area (Å²) in [5, 5.41) is 23.6. The molecule has 0 rings (SSSR count). The lowest BCUT2D eigenvalue weighted by atomic mass is 10.0. The average molecular weight is 812 g/mol. The molecule has 0 aliphatic carbocycles. The molecule has 0 radical (unpaired) electrons. The number of aliphatic hydroxyl groups excluding tert-OH is 2. The first-order valence-corrected chi connectivity index (χ1v) is 24.6. The van der Waals surface area contributed by atoms with Crippen molar-refractivity contribution in [3.63, 3.8) is 0 Å². The largest absolute Gasteiger partial charge is 0.462 e. The lowest BCUT2D eigenvalue weighted by molar-refractivity contribution is -0.151. The van der Waals surface area contributed by atoms with Gasteiger partial charge >= 0.3 is 5.97 Å². The van der Waals surface area contributed by atoms with Crippen LogP contribution in [0.1, 0.15) is 233 Å². The van der Waals surface area contributed by atoms with Gasteiger partial charge in [0.1, 0.15) is 6.10 Å². The summed E-state index contributed by atoms with van der Waals surface area (Å²) in [6.07, 6.45) is 55.6. The number of rotatable bonds is 43. The van der Waals surface area contributed by atoms with Crippen LogP contribution in [0.2, 0.25) is 0 Å². The smallest absolute Gasteiger partial charge is 0.306 e. The Balaban J connectivity index is 4.72. The summed E-state index contributed by atoms with van der Waals surface area (Å²) in [5.41, 5.74) is 0. The van der Waals surface area contributed by atoms with Crippen molar-refractivity contribution in [2.75, 3.05) is 6.61 Å². The fourth-order valence-electron chi connectivity index (χ4n) is 7.14. The van der Waals surface area contributed by atoms with Gasteiger partial charge in [0.2, 0.25) is 5.91 Å². The Kier molecular flexibility index (Phi) is 43.7. The molecule has 0 aliphatic rings. The number of carbonyl (C=O) groups excluding carboxylic acids is 2. The van der Waals surface area contributed by atoms with E-state index in [4.69, 9.17) is 4.74 Å². The van der Waals surface area contributed by atoms with Crippen LogP contribution >= 0.6 is 0 Å². The van der Waals surface area contributed by atoms with Gasteiger partial charge in [-0.15, -0.1) is 0 Å². The molecule has 58 heavy (non-hydrogen) atoms. The molecule has 0 bridgehead atoms. The minimum atomic E-state index is -0.800. The normalized spacial score (nSPS) is 13.8. The van der Waals surface area contributed by atoms with Crippen molar-refractivity contribution in [1.29, 1.82) is 0 Å². The summed E-state index contributed by atoms with van der Waals surface area (Å²) in [6, 6.07) is -0.717. The van der Waals surface area contributed by atoms with E-state index in [1.165, 1.54) is 103 Å². The number of nitrogens with one attached hydrogen (secondary N) is 1. The lowest BCUT2D eigenvalue weighted by Crippen LogP contribution is -2.46. The van der Waals surface area contributed by atoms with Crippen LogP contribution in [0.3, 0.4) is 0 Å². The van der Waals surface area contributed by atoms with Gasteiger partial charge in [-0.05, 0) is 77.0 Å². The van der Waals surface area contributed by atoms with E-state index in [2.05, 4.69) is 80.8 Å². The summed E-state index contributed by atoms with van der Waals surface area (Å²) in [4.78, 5) is 26.0. The number of allylic oxidation sites excluding steroid dienone is 10. The van der Waals surface area contributed by atoms with Gasteiger partial charge in [-0.25, -0.2) is 0 Å². The Labute approximate surface area is 358 Å². The molecule has 0 heterocycles. The Morgan fingerprint density at radius 2 is 0.897 bits per heavy atom. The molecule has 0 fully saturated rings. The molecule has 1 amide bonds. The molecule has 6 heteroatoms. The zero-order chi connectivity index (χ0) is 42.4. The third-order valence-corrected chi connectivity index (χ3v) is 10.9. The average Bonchev–Trinajstić information content (AvgIpc) is 3.22. The van der Waals surface area contributed by atoms with Crippen LogP contribution in [0, 0.1) is 0 Å². The van der Waals surface area contributed by atoms with Gasteiger partial charge in [0.05, 0.1) is 25.2 Å². The fraction of sp³-hybridized carbons (Fsp3) is 0.769. The van der Waals surface area contributed by atoms with E-state index in [1.54, 1.807) is 0 Å². The van der Waals surface area contributed by atoms with Crippen LogP contribution in [0.15, 0.2) is 60.8 Å². The minimum absolute atomic E-state index is 0.0443. The minimum Gasteiger partial charge on any atom is -0.462 e. The summed E-state index contributed by atoms with van der Waals surface area (Å²) < 4.78 is 5.89. The summed E-state index contributed by atoms with van der Waals surface area (Å²) in [7, 11) is 0. The number of esters is 1. The third kappa shape index (κ3) is 40.3. The topological polar surface area (TPSA) is 95.9 Å².